The molecule has 0 bridgehead atoms. The van der Waals surface area contributed by atoms with Crippen LogP contribution in [0.15, 0.2) is 42.5 Å². The SMILES string of the molecule is COc1ccc(CCNC(=O)CNc2cc(C)cc(C)c2)cc1. The molecule has 4 heteroatoms. The zero-order valence-corrected chi connectivity index (χ0v) is 14.0. The quantitative estimate of drug-likeness (QED) is 0.826. The highest BCUT2D eigenvalue weighted by atomic mass is 16.5. The average molecular weight is 312 g/mol. The summed E-state index contributed by atoms with van der Waals surface area (Å²) in [5.74, 6) is 0.841. The van der Waals surface area contributed by atoms with Crippen LogP contribution in [0, 0.1) is 13.8 Å². The molecule has 0 aliphatic rings. The fourth-order valence-corrected chi connectivity index (χ4v) is 2.46. The lowest BCUT2D eigenvalue weighted by molar-refractivity contribution is -0.119. The Kier molecular flexibility index (Phi) is 6.03. The van der Waals surface area contributed by atoms with Gasteiger partial charge in [0.25, 0.3) is 0 Å². The molecule has 2 rings (SSSR count). The lowest BCUT2D eigenvalue weighted by Gasteiger charge is -2.09. The Balaban J connectivity index is 1.72. The van der Waals surface area contributed by atoms with Gasteiger partial charge in [-0.25, -0.2) is 0 Å². The van der Waals surface area contributed by atoms with Crippen molar-refractivity contribution < 1.29 is 9.53 Å². The Bertz CT molecular complexity index is 631. The van der Waals surface area contributed by atoms with Crippen molar-refractivity contribution in [2.24, 2.45) is 0 Å². The Morgan fingerprint density at radius 3 is 2.30 bits per heavy atom. The minimum Gasteiger partial charge on any atom is -0.497 e. The fraction of sp³-hybridized carbons (Fsp3) is 0.316. The molecule has 0 heterocycles. The molecule has 122 valence electrons. The maximum Gasteiger partial charge on any atom is 0.239 e. The van der Waals surface area contributed by atoms with Crippen molar-refractivity contribution in [3.8, 4) is 5.75 Å². The number of rotatable bonds is 7. The predicted octanol–water partition coefficient (Wildman–Crippen LogP) is 3.08. The molecule has 0 saturated carbocycles. The van der Waals surface area contributed by atoms with Crippen molar-refractivity contribution in [1.82, 2.24) is 5.32 Å². The van der Waals surface area contributed by atoms with E-state index in [9.17, 15) is 4.79 Å². The molecule has 0 saturated heterocycles. The number of nitrogens with one attached hydrogen (secondary N) is 2. The first-order chi connectivity index (χ1) is 11.1. The smallest absolute Gasteiger partial charge is 0.239 e. The Labute approximate surface area is 137 Å². The second-order valence-corrected chi connectivity index (χ2v) is 5.68. The van der Waals surface area contributed by atoms with E-state index in [2.05, 4.69) is 16.7 Å². The number of anilines is 1. The summed E-state index contributed by atoms with van der Waals surface area (Å²) < 4.78 is 5.12. The van der Waals surface area contributed by atoms with Gasteiger partial charge in [-0.1, -0.05) is 18.2 Å². The van der Waals surface area contributed by atoms with Gasteiger partial charge in [-0.3, -0.25) is 4.79 Å². The first-order valence-electron chi connectivity index (χ1n) is 7.78. The van der Waals surface area contributed by atoms with Crippen LogP contribution in [0.3, 0.4) is 0 Å². The van der Waals surface area contributed by atoms with Crippen LogP contribution in [0.5, 0.6) is 5.75 Å². The lowest BCUT2D eigenvalue weighted by Crippen LogP contribution is -2.31. The molecule has 0 unspecified atom stereocenters. The van der Waals surface area contributed by atoms with Crippen LogP contribution in [-0.4, -0.2) is 26.1 Å². The van der Waals surface area contributed by atoms with E-state index < -0.39 is 0 Å². The third-order valence-electron chi connectivity index (χ3n) is 3.57. The lowest BCUT2D eigenvalue weighted by atomic mass is 10.1. The summed E-state index contributed by atoms with van der Waals surface area (Å²) in [5, 5.41) is 6.09. The standard InChI is InChI=1S/C19H24N2O2/c1-14-10-15(2)12-17(11-14)21-13-19(22)20-9-8-16-4-6-18(23-3)7-5-16/h4-7,10-12,21H,8-9,13H2,1-3H3,(H,20,22). The first-order valence-corrected chi connectivity index (χ1v) is 7.78. The monoisotopic (exact) mass is 312 g/mol. The minimum absolute atomic E-state index is 0.00216. The van der Waals surface area contributed by atoms with Gasteiger partial charge in [-0.05, 0) is 61.2 Å². The summed E-state index contributed by atoms with van der Waals surface area (Å²) in [4.78, 5) is 11.9. The minimum atomic E-state index is -0.00216. The van der Waals surface area contributed by atoms with Gasteiger partial charge < -0.3 is 15.4 Å². The van der Waals surface area contributed by atoms with Crippen molar-refractivity contribution in [3.05, 3.63) is 59.2 Å². The van der Waals surface area contributed by atoms with E-state index in [4.69, 9.17) is 4.74 Å². The molecule has 0 fully saturated rings. The molecule has 4 nitrogen and oxygen atoms in total. The van der Waals surface area contributed by atoms with Gasteiger partial charge in [-0.2, -0.15) is 0 Å². The Morgan fingerprint density at radius 2 is 1.70 bits per heavy atom. The number of aryl methyl sites for hydroxylation is 2. The van der Waals surface area contributed by atoms with Crippen LogP contribution in [-0.2, 0) is 11.2 Å². The summed E-state index contributed by atoms with van der Waals surface area (Å²) in [7, 11) is 1.65. The van der Waals surface area contributed by atoms with Crippen molar-refractivity contribution in [3.63, 3.8) is 0 Å². The third kappa shape index (κ3) is 5.66. The van der Waals surface area contributed by atoms with E-state index in [1.807, 2.05) is 50.2 Å². The van der Waals surface area contributed by atoms with Gasteiger partial charge in [0.15, 0.2) is 0 Å². The zero-order valence-electron chi connectivity index (χ0n) is 14.0. The second kappa shape index (κ2) is 8.22. The van der Waals surface area contributed by atoms with Crippen LogP contribution in [0.2, 0.25) is 0 Å². The van der Waals surface area contributed by atoms with Crippen LogP contribution in [0.1, 0.15) is 16.7 Å². The summed E-state index contributed by atoms with van der Waals surface area (Å²) >= 11 is 0. The molecule has 0 spiro atoms. The highest BCUT2D eigenvalue weighted by molar-refractivity contribution is 5.80. The van der Waals surface area contributed by atoms with Crippen molar-refractivity contribution in [2.45, 2.75) is 20.3 Å². The Morgan fingerprint density at radius 1 is 1.04 bits per heavy atom. The van der Waals surface area contributed by atoms with Crippen molar-refractivity contribution in [2.75, 3.05) is 25.5 Å². The molecular formula is C19H24N2O2. The van der Waals surface area contributed by atoms with Gasteiger partial charge in [0, 0.05) is 12.2 Å². The summed E-state index contributed by atoms with van der Waals surface area (Å²) in [6.45, 7) is 5.01. The number of hydrogen-bond donors (Lipinski definition) is 2. The normalized spacial score (nSPS) is 10.2. The van der Waals surface area contributed by atoms with E-state index >= 15 is 0 Å². The molecule has 0 aliphatic heterocycles. The number of amides is 1. The van der Waals surface area contributed by atoms with Crippen molar-refractivity contribution >= 4 is 11.6 Å². The number of benzene rings is 2. The van der Waals surface area contributed by atoms with Gasteiger partial charge in [-0.15, -0.1) is 0 Å². The van der Waals surface area contributed by atoms with Gasteiger partial charge in [0.2, 0.25) is 5.91 Å². The maximum absolute atomic E-state index is 11.9. The molecule has 1 amide bonds. The molecule has 2 aromatic carbocycles. The van der Waals surface area contributed by atoms with E-state index in [1.165, 1.54) is 16.7 Å². The van der Waals surface area contributed by atoms with E-state index in [-0.39, 0.29) is 12.5 Å². The number of carbonyl (C=O) groups is 1. The van der Waals surface area contributed by atoms with Gasteiger partial charge in [0.1, 0.15) is 5.75 Å². The van der Waals surface area contributed by atoms with Gasteiger partial charge >= 0.3 is 0 Å². The van der Waals surface area contributed by atoms with E-state index in [0.717, 1.165) is 17.9 Å². The largest absolute Gasteiger partial charge is 0.497 e. The highest BCUT2D eigenvalue weighted by Gasteiger charge is 2.02. The van der Waals surface area contributed by atoms with Crippen LogP contribution < -0.4 is 15.4 Å². The molecule has 0 radical (unpaired) electrons. The highest BCUT2D eigenvalue weighted by Crippen LogP contribution is 2.13. The summed E-state index contributed by atoms with van der Waals surface area (Å²) in [6, 6.07) is 14.1. The summed E-state index contributed by atoms with van der Waals surface area (Å²) in [5.41, 5.74) is 4.53. The topological polar surface area (TPSA) is 50.4 Å². The van der Waals surface area contributed by atoms with Crippen molar-refractivity contribution in [1.29, 1.82) is 0 Å². The number of carbonyl (C=O) groups excluding carboxylic acids is 1. The Hall–Kier alpha value is -2.49. The number of hydrogen-bond acceptors (Lipinski definition) is 3. The third-order valence-corrected chi connectivity index (χ3v) is 3.57. The molecule has 0 atom stereocenters. The predicted molar refractivity (Wildman–Crippen MR) is 94.1 cm³/mol. The molecule has 2 aromatic rings. The van der Waals surface area contributed by atoms with E-state index in [0.29, 0.717) is 6.54 Å². The molecule has 0 aliphatic carbocycles. The van der Waals surface area contributed by atoms with Crippen LogP contribution >= 0.6 is 0 Å². The number of methoxy groups -OCH3 is 1. The van der Waals surface area contributed by atoms with E-state index in [1.54, 1.807) is 7.11 Å². The van der Waals surface area contributed by atoms with Crippen LogP contribution in [0.4, 0.5) is 5.69 Å². The van der Waals surface area contributed by atoms with Gasteiger partial charge in [0.05, 0.1) is 13.7 Å². The molecule has 0 aromatic heterocycles. The molecule has 23 heavy (non-hydrogen) atoms. The molecule has 2 N–H and O–H groups in total. The second-order valence-electron chi connectivity index (χ2n) is 5.68. The maximum atomic E-state index is 11.9. The first kappa shape index (κ1) is 16.9. The number of ether oxygens (including phenoxy) is 1. The zero-order chi connectivity index (χ0) is 16.7. The fourth-order valence-electron chi connectivity index (χ4n) is 2.46. The van der Waals surface area contributed by atoms with Crippen LogP contribution in [0.25, 0.3) is 0 Å². The summed E-state index contributed by atoms with van der Waals surface area (Å²) in [6.07, 6.45) is 0.805. The molecular weight excluding hydrogens is 288 g/mol. The average Bonchev–Trinajstić information content (AvgIpc) is 2.53.